The quantitative estimate of drug-likeness (QED) is 0.726. The lowest BCUT2D eigenvalue weighted by molar-refractivity contribution is -0.137. The van der Waals surface area contributed by atoms with E-state index in [4.69, 9.17) is 0 Å². The van der Waals surface area contributed by atoms with Crippen LogP contribution < -0.4 is 15.6 Å². The van der Waals surface area contributed by atoms with Crippen molar-refractivity contribution in [2.75, 3.05) is 10.0 Å². The molecule has 2 aliphatic heterocycles. The van der Waals surface area contributed by atoms with Gasteiger partial charge in [0.25, 0.3) is 0 Å². The molecule has 0 aliphatic carbocycles. The monoisotopic (exact) mass is 408 g/mol. The number of fused-ring (bicyclic) bond motifs is 3. The van der Waals surface area contributed by atoms with Crippen LogP contribution in [0.3, 0.4) is 0 Å². The molecule has 1 N–H and O–H groups in total. The Morgan fingerprint density at radius 3 is 2.52 bits per heavy atom. The number of halogens is 4. The molecule has 4 rings (SSSR count). The summed E-state index contributed by atoms with van der Waals surface area (Å²) in [7, 11) is 0. The molecule has 4 nitrogen and oxygen atoms in total. The van der Waals surface area contributed by atoms with Crippen LogP contribution in [-0.2, 0) is 6.18 Å². The lowest BCUT2D eigenvalue weighted by Gasteiger charge is -2.25. The van der Waals surface area contributed by atoms with Gasteiger partial charge in [-0.15, -0.1) is 0 Å². The van der Waals surface area contributed by atoms with Gasteiger partial charge in [-0.25, -0.2) is 10.0 Å². The third-order valence-electron chi connectivity index (χ3n) is 3.91. The maximum Gasteiger partial charge on any atom is 0.416 e. The highest BCUT2D eigenvalue weighted by Crippen LogP contribution is 2.42. The molecular formula is C17H10BrF3N3O. The molecule has 1 radical (unpaired) electrons. The molecule has 0 fully saturated rings. The van der Waals surface area contributed by atoms with Crippen molar-refractivity contribution in [3.05, 3.63) is 77.3 Å². The summed E-state index contributed by atoms with van der Waals surface area (Å²) < 4.78 is 39.6. The van der Waals surface area contributed by atoms with Gasteiger partial charge in [-0.3, -0.25) is 0 Å². The molecule has 0 bridgehead atoms. The fourth-order valence-corrected chi connectivity index (χ4v) is 3.28. The van der Waals surface area contributed by atoms with Gasteiger partial charge in [-0.1, -0.05) is 40.2 Å². The number of aliphatic hydroxyl groups excluding tert-OH is 1. The van der Waals surface area contributed by atoms with Crippen LogP contribution in [0.15, 0.2) is 66.2 Å². The Balaban J connectivity index is 1.78. The number of anilines is 2. The lowest BCUT2D eigenvalue weighted by Crippen LogP contribution is -2.35. The van der Waals surface area contributed by atoms with Gasteiger partial charge in [0.15, 0.2) is 0 Å². The third-order valence-corrected chi connectivity index (χ3v) is 4.56. The molecular weight excluding hydrogens is 399 g/mol. The summed E-state index contributed by atoms with van der Waals surface area (Å²) in [6, 6.07) is 12.0. The van der Waals surface area contributed by atoms with E-state index in [1.54, 1.807) is 6.08 Å². The Morgan fingerprint density at radius 2 is 1.76 bits per heavy atom. The first-order chi connectivity index (χ1) is 11.9. The summed E-state index contributed by atoms with van der Waals surface area (Å²) in [5.74, 6) is -0.245. The van der Waals surface area contributed by atoms with E-state index in [0.717, 1.165) is 27.2 Å². The molecule has 0 saturated heterocycles. The van der Waals surface area contributed by atoms with Crippen molar-refractivity contribution in [1.29, 1.82) is 0 Å². The van der Waals surface area contributed by atoms with E-state index in [2.05, 4.69) is 21.5 Å². The maximum atomic E-state index is 12.9. The second-order valence-corrected chi connectivity index (χ2v) is 6.33. The van der Waals surface area contributed by atoms with Crippen molar-refractivity contribution in [2.24, 2.45) is 0 Å². The Morgan fingerprint density at radius 1 is 1.00 bits per heavy atom. The number of hydrogen-bond donors (Lipinski definition) is 1. The minimum absolute atomic E-state index is 0.122. The van der Waals surface area contributed by atoms with Crippen LogP contribution >= 0.6 is 15.9 Å². The fourth-order valence-electron chi connectivity index (χ4n) is 2.73. The molecule has 0 amide bonds. The van der Waals surface area contributed by atoms with Gasteiger partial charge >= 0.3 is 6.18 Å². The molecule has 2 heterocycles. The SMILES string of the molecule is OC1=C2C=C(Br)c3ccccc3N2[N]N1c1cccc(C(F)(F)F)c1. The minimum atomic E-state index is -4.47. The number of aliphatic hydroxyl groups is 1. The summed E-state index contributed by atoms with van der Waals surface area (Å²) in [5.41, 5.74) is 5.55. The van der Waals surface area contributed by atoms with E-state index in [0.29, 0.717) is 11.4 Å². The molecule has 2 aromatic rings. The summed E-state index contributed by atoms with van der Waals surface area (Å²) >= 11 is 3.45. The van der Waals surface area contributed by atoms with Gasteiger partial charge in [0.2, 0.25) is 5.88 Å². The van der Waals surface area contributed by atoms with Crippen molar-refractivity contribution in [3.8, 4) is 0 Å². The highest BCUT2D eigenvalue weighted by Gasteiger charge is 2.37. The molecule has 8 heteroatoms. The first kappa shape index (κ1) is 16.0. The zero-order valence-corrected chi connectivity index (χ0v) is 14.1. The Kier molecular flexibility index (Phi) is 3.55. The van der Waals surface area contributed by atoms with E-state index in [1.165, 1.54) is 17.1 Å². The maximum absolute atomic E-state index is 12.9. The first-order valence-corrected chi connectivity index (χ1v) is 8.04. The average molecular weight is 409 g/mol. The predicted octanol–water partition coefficient (Wildman–Crippen LogP) is 4.94. The van der Waals surface area contributed by atoms with E-state index >= 15 is 0 Å². The molecule has 2 aromatic carbocycles. The number of allylic oxidation sites excluding steroid dienone is 1. The number of nitrogens with zero attached hydrogens (tertiary/aromatic N) is 3. The Bertz CT molecular complexity index is 923. The first-order valence-electron chi connectivity index (χ1n) is 7.25. The Hall–Kier alpha value is -2.45. The third kappa shape index (κ3) is 2.58. The number of rotatable bonds is 1. The highest BCUT2D eigenvalue weighted by molar-refractivity contribution is 9.15. The van der Waals surface area contributed by atoms with E-state index in [1.807, 2.05) is 24.3 Å². The van der Waals surface area contributed by atoms with E-state index < -0.39 is 11.7 Å². The molecule has 0 atom stereocenters. The molecule has 0 aromatic heterocycles. The fraction of sp³-hybridized carbons (Fsp3) is 0.0588. The number of hydrogen-bond acceptors (Lipinski definition) is 3. The van der Waals surface area contributed by atoms with Crippen LogP contribution in [0.2, 0.25) is 0 Å². The van der Waals surface area contributed by atoms with Crippen molar-refractivity contribution in [3.63, 3.8) is 0 Å². The van der Waals surface area contributed by atoms with Gasteiger partial charge in [0, 0.05) is 10.0 Å². The minimum Gasteiger partial charge on any atom is -0.492 e. The van der Waals surface area contributed by atoms with Gasteiger partial charge in [0.1, 0.15) is 5.70 Å². The summed E-state index contributed by atoms with van der Waals surface area (Å²) in [6.07, 6.45) is -2.80. The van der Waals surface area contributed by atoms with Gasteiger partial charge in [-0.2, -0.15) is 13.2 Å². The molecule has 25 heavy (non-hydrogen) atoms. The van der Waals surface area contributed by atoms with Crippen LogP contribution in [0.5, 0.6) is 0 Å². The van der Waals surface area contributed by atoms with Crippen LogP contribution in [0.1, 0.15) is 11.1 Å². The molecule has 0 unspecified atom stereocenters. The standard InChI is InChI=1S/C17H10BrF3N3O/c18-13-9-15-16(25)23(11-5-3-4-10(8-11)17(19,20)21)22-24(15)14-7-2-1-6-12(13)14/h1-9,25H. The van der Waals surface area contributed by atoms with Gasteiger partial charge in [0.05, 0.1) is 16.9 Å². The van der Waals surface area contributed by atoms with Crippen LogP contribution in [0.4, 0.5) is 24.5 Å². The number of alkyl halides is 3. The van der Waals surface area contributed by atoms with E-state index in [9.17, 15) is 18.3 Å². The summed E-state index contributed by atoms with van der Waals surface area (Å²) in [6.45, 7) is 0. The largest absolute Gasteiger partial charge is 0.492 e. The number of benzene rings is 2. The molecule has 127 valence electrons. The average Bonchev–Trinajstić information content (AvgIpc) is 2.92. The van der Waals surface area contributed by atoms with Crippen molar-refractivity contribution in [2.45, 2.75) is 6.18 Å². The van der Waals surface area contributed by atoms with Crippen LogP contribution in [0, 0.1) is 0 Å². The zero-order valence-electron chi connectivity index (χ0n) is 12.5. The lowest BCUT2D eigenvalue weighted by atomic mass is 10.1. The summed E-state index contributed by atoms with van der Waals surface area (Å²) in [5, 5.41) is 13.1. The summed E-state index contributed by atoms with van der Waals surface area (Å²) in [4.78, 5) is 0. The molecule has 2 aliphatic rings. The Labute approximate surface area is 149 Å². The second kappa shape index (κ2) is 5.53. The second-order valence-electron chi connectivity index (χ2n) is 5.48. The van der Waals surface area contributed by atoms with Crippen molar-refractivity contribution >= 4 is 31.8 Å². The van der Waals surface area contributed by atoms with Gasteiger partial charge < -0.3 is 5.11 Å². The van der Waals surface area contributed by atoms with Crippen molar-refractivity contribution < 1.29 is 18.3 Å². The zero-order chi connectivity index (χ0) is 17.8. The van der Waals surface area contributed by atoms with Crippen LogP contribution in [0.25, 0.3) is 4.48 Å². The smallest absolute Gasteiger partial charge is 0.416 e. The van der Waals surface area contributed by atoms with Gasteiger partial charge in [-0.05, 0) is 35.9 Å². The molecule has 0 saturated carbocycles. The number of para-hydroxylation sites is 1. The normalized spacial score (nSPS) is 16.7. The topological polar surface area (TPSA) is 40.8 Å². The predicted molar refractivity (Wildman–Crippen MR) is 91.5 cm³/mol. The van der Waals surface area contributed by atoms with Crippen molar-refractivity contribution in [1.82, 2.24) is 5.53 Å². The molecule has 0 spiro atoms. The highest BCUT2D eigenvalue weighted by atomic mass is 79.9. The van der Waals surface area contributed by atoms with Crippen LogP contribution in [-0.4, -0.2) is 5.11 Å². The van der Waals surface area contributed by atoms with E-state index in [-0.39, 0.29) is 11.6 Å².